The Balaban J connectivity index is 1.22. The molecule has 1 aliphatic heterocycles. The van der Waals surface area contributed by atoms with Crippen LogP contribution in [0.4, 0.5) is 5.69 Å². The van der Waals surface area contributed by atoms with Crippen LogP contribution < -0.4 is 15.0 Å². The van der Waals surface area contributed by atoms with Crippen molar-refractivity contribution in [2.24, 2.45) is 29.1 Å². The monoisotopic (exact) mass is 467 g/mol. The number of amides is 2. The summed E-state index contributed by atoms with van der Waals surface area (Å²) in [5.74, 6) is 3.36. The Morgan fingerprint density at radius 2 is 1.59 bits per heavy atom. The Morgan fingerprint density at radius 3 is 2.15 bits per heavy atom. The first kappa shape index (κ1) is 23.5. The molecule has 4 aliphatic carbocycles. The molecule has 4 saturated carbocycles. The van der Waals surface area contributed by atoms with Crippen molar-refractivity contribution < 1.29 is 14.3 Å². The van der Waals surface area contributed by atoms with Gasteiger partial charge in [0, 0.05) is 31.6 Å². The van der Waals surface area contributed by atoms with Crippen molar-refractivity contribution in [3.63, 3.8) is 0 Å². The number of hydrogen-bond acceptors (Lipinski definition) is 4. The summed E-state index contributed by atoms with van der Waals surface area (Å²) in [5, 5.41) is 3.28. The average molecular weight is 468 g/mol. The van der Waals surface area contributed by atoms with Gasteiger partial charge in [0.25, 0.3) is 0 Å². The number of rotatable bonds is 7. The zero-order valence-electron chi connectivity index (χ0n) is 21.1. The molecule has 1 aromatic carbocycles. The van der Waals surface area contributed by atoms with Gasteiger partial charge >= 0.3 is 0 Å². The average Bonchev–Trinajstić information content (AvgIpc) is 2.81. The maximum atomic E-state index is 13.6. The number of ether oxygens (including phenoxy) is 1. The van der Waals surface area contributed by atoms with E-state index in [-0.39, 0.29) is 23.1 Å². The van der Waals surface area contributed by atoms with Gasteiger partial charge in [0.15, 0.2) is 0 Å². The molecule has 6 rings (SSSR count). The van der Waals surface area contributed by atoms with Crippen LogP contribution in [0, 0.1) is 29.1 Å². The van der Waals surface area contributed by atoms with E-state index in [2.05, 4.69) is 30.1 Å². The maximum absolute atomic E-state index is 13.6. The van der Waals surface area contributed by atoms with E-state index in [0.29, 0.717) is 19.7 Å². The Labute approximate surface area is 204 Å². The summed E-state index contributed by atoms with van der Waals surface area (Å²) in [6.07, 6.45) is 7.03. The van der Waals surface area contributed by atoms with Crippen LogP contribution in [-0.2, 0) is 9.59 Å². The normalized spacial score (nSPS) is 31.0. The van der Waals surface area contributed by atoms with Crippen LogP contribution in [0.25, 0.3) is 0 Å². The van der Waals surface area contributed by atoms with Crippen molar-refractivity contribution in [3.8, 4) is 5.75 Å². The van der Waals surface area contributed by atoms with Gasteiger partial charge in [-0.05, 0) is 81.3 Å². The minimum absolute atomic E-state index is 0.0714. The van der Waals surface area contributed by atoms with Crippen molar-refractivity contribution in [2.45, 2.75) is 65.3 Å². The molecule has 1 saturated heterocycles. The highest BCUT2D eigenvalue weighted by molar-refractivity contribution is 5.90. The number of piperazine rings is 1. The summed E-state index contributed by atoms with van der Waals surface area (Å²) in [6, 6.07) is 7.68. The third-order valence-corrected chi connectivity index (χ3v) is 8.84. The topological polar surface area (TPSA) is 61.9 Å². The largest absolute Gasteiger partial charge is 0.492 e. The molecule has 1 N–H and O–H groups in total. The summed E-state index contributed by atoms with van der Waals surface area (Å²) in [4.78, 5) is 31.5. The Bertz CT molecular complexity index is 871. The van der Waals surface area contributed by atoms with Gasteiger partial charge < -0.3 is 19.9 Å². The number of nitrogens with one attached hydrogen (secondary N) is 1. The summed E-state index contributed by atoms with van der Waals surface area (Å²) >= 11 is 0. The lowest BCUT2D eigenvalue weighted by molar-refractivity contribution is -0.150. The maximum Gasteiger partial charge on any atom is 0.245 e. The van der Waals surface area contributed by atoms with Gasteiger partial charge in [-0.2, -0.15) is 0 Å². The summed E-state index contributed by atoms with van der Waals surface area (Å²) < 4.78 is 5.81. The molecular formula is C28H41N3O3. The number of anilines is 1. The van der Waals surface area contributed by atoms with Crippen LogP contribution in [-0.4, -0.2) is 55.5 Å². The van der Waals surface area contributed by atoms with Gasteiger partial charge in [0.05, 0.1) is 12.3 Å². The highest BCUT2D eigenvalue weighted by atomic mass is 16.5. The predicted molar refractivity (Wildman–Crippen MR) is 134 cm³/mol. The third-order valence-electron chi connectivity index (χ3n) is 8.84. The molecule has 1 unspecified atom stereocenters. The quantitative estimate of drug-likeness (QED) is 0.656. The van der Waals surface area contributed by atoms with E-state index in [9.17, 15) is 9.59 Å². The van der Waals surface area contributed by atoms with Crippen molar-refractivity contribution in [1.82, 2.24) is 10.2 Å². The summed E-state index contributed by atoms with van der Waals surface area (Å²) in [6.45, 7) is 9.60. The number of nitrogens with zero attached hydrogens (tertiary/aromatic N) is 2. The first-order chi connectivity index (χ1) is 16.4. The smallest absolute Gasteiger partial charge is 0.245 e. The molecule has 1 atom stereocenters. The lowest BCUT2D eigenvalue weighted by atomic mass is 9.49. The number of hydrogen-bond donors (Lipinski definition) is 1. The zero-order chi connectivity index (χ0) is 23.9. The Kier molecular flexibility index (Phi) is 6.51. The number of carbonyl (C=O) groups excluding carboxylic acids is 2. The van der Waals surface area contributed by atoms with Gasteiger partial charge in [-0.25, -0.2) is 0 Å². The number of para-hydroxylation sites is 2. The van der Waals surface area contributed by atoms with Gasteiger partial charge in [-0.15, -0.1) is 0 Å². The molecule has 0 aromatic heterocycles. The Morgan fingerprint density at radius 1 is 1.00 bits per heavy atom. The summed E-state index contributed by atoms with van der Waals surface area (Å²) in [5.41, 5.74) is 0.871. The first-order valence-corrected chi connectivity index (χ1v) is 13.4. The molecule has 6 nitrogen and oxygen atoms in total. The molecule has 2 amide bonds. The fourth-order valence-electron chi connectivity index (χ4n) is 7.56. The van der Waals surface area contributed by atoms with E-state index in [0.717, 1.165) is 61.5 Å². The van der Waals surface area contributed by atoms with E-state index >= 15 is 0 Å². The van der Waals surface area contributed by atoms with E-state index < -0.39 is 6.04 Å². The second kappa shape index (κ2) is 9.43. The fourth-order valence-corrected chi connectivity index (χ4v) is 7.56. The lowest BCUT2D eigenvalue weighted by Gasteiger charge is -2.56. The minimum Gasteiger partial charge on any atom is -0.492 e. The Hall–Kier alpha value is -2.24. The van der Waals surface area contributed by atoms with Gasteiger partial charge in [0.1, 0.15) is 11.8 Å². The highest BCUT2D eigenvalue weighted by Crippen LogP contribution is 2.60. The van der Waals surface area contributed by atoms with Crippen molar-refractivity contribution in [2.75, 3.05) is 37.7 Å². The standard InChI is InChI=1S/C28H41N3O3/c1-4-34-24-8-6-5-7-23(24)30-9-11-31(12-10-30)26(32)25(19(2)3)29-27(33)28-16-20-13-21(17-28)15-22(14-20)18-28/h5-8,19-22,25H,4,9-18H2,1-3H3,(H,29,33). The van der Waals surface area contributed by atoms with E-state index in [1.165, 1.54) is 19.3 Å². The van der Waals surface area contributed by atoms with Gasteiger partial charge in [-0.1, -0.05) is 26.0 Å². The SMILES string of the molecule is CCOc1ccccc1N1CCN(C(=O)C(NC(=O)C23CC4CC(CC(C4)C2)C3)C(C)C)CC1. The second-order valence-electron chi connectivity index (χ2n) is 11.6. The van der Waals surface area contributed by atoms with Crippen LogP contribution in [0.15, 0.2) is 24.3 Å². The van der Waals surface area contributed by atoms with Crippen molar-refractivity contribution >= 4 is 17.5 Å². The number of benzene rings is 1. The molecule has 186 valence electrons. The minimum atomic E-state index is -0.442. The molecule has 4 bridgehead atoms. The van der Waals surface area contributed by atoms with E-state index in [1.807, 2.05) is 30.0 Å². The molecule has 0 spiro atoms. The van der Waals surface area contributed by atoms with Crippen LogP contribution in [0.3, 0.4) is 0 Å². The summed E-state index contributed by atoms with van der Waals surface area (Å²) in [7, 11) is 0. The molecule has 5 aliphatic rings. The first-order valence-electron chi connectivity index (χ1n) is 13.4. The zero-order valence-corrected chi connectivity index (χ0v) is 21.1. The molecule has 6 heteroatoms. The van der Waals surface area contributed by atoms with Crippen molar-refractivity contribution in [1.29, 1.82) is 0 Å². The molecule has 5 fully saturated rings. The molecule has 0 radical (unpaired) electrons. The fraction of sp³-hybridized carbons (Fsp3) is 0.714. The number of carbonyl (C=O) groups is 2. The van der Waals surface area contributed by atoms with Crippen LogP contribution in [0.1, 0.15) is 59.3 Å². The molecule has 1 aromatic rings. The highest BCUT2D eigenvalue weighted by Gasteiger charge is 2.55. The van der Waals surface area contributed by atoms with E-state index in [1.54, 1.807) is 0 Å². The predicted octanol–water partition coefficient (Wildman–Crippen LogP) is 4.09. The van der Waals surface area contributed by atoms with E-state index in [4.69, 9.17) is 4.74 Å². The van der Waals surface area contributed by atoms with Crippen LogP contribution in [0.5, 0.6) is 5.75 Å². The van der Waals surface area contributed by atoms with Crippen molar-refractivity contribution in [3.05, 3.63) is 24.3 Å². The second-order valence-corrected chi connectivity index (χ2v) is 11.6. The molecule has 34 heavy (non-hydrogen) atoms. The molecular weight excluding hydrogens is 426 g/mol. The lowest BCUT2D eigenvalue weighted by Crippen LogP contribution is -2.60. The van der Waals surface area contributed by atoms with Crippen LogP contribution >= 0.6 is 0 Å². The van der Waals surface area contributed by atoms with Gasteiger partial charge in [0.2, 0.25) is 11.8 Å². The molecule has 1 heterocycles. The van der Waals surface area contributed by atoms with Crippen LogP contribution in [0.2, 0.25) is 0 Å². The third kappa shape index (κ3) is 4.40. The van der Waals surface area contributed by atoms with Gasteiger partial charge in [-0.3, -0.25) is 9.59 Å².